The Balaban J connectivity index is 1.97. The van der Waals surface area contributed by atoms with Gasteiger partial charge in [0.1, 0.15) is 12.0 Å². The van der Waals surface area contributed by atoms with Crippen molar-refractivity contribution in [3.63, 3.8) is 0 Å². The summed E-state index contributed by atoms with van der Waals surface area (Å²) >= 11 is 0. The topological polar surface area (TPSA) is 75.4 Å². The first-order chi connectivity index (χ1) is 8.87. The largest absolute Gasteiger partial charge is 0.364 e. The molecule has 2 heterocycles. The summed E-state index contributed by atoms with van der Waals surface area (Å²) in [7, 11) is -3.37. The Morgan fingerprint density at radius 3 is 2.79 bits per heavy atom. The minimum atomic E-state index is -3.37. The van der Waals surface area contributed by atoms with Gasteiger partial charge >= 0.3 is 0 Å². The molecule has 0 aliphatic carbocycles. The third-order valence-corrected chi connectivity index (χ3v) is 4.87. The van der Waals surface area contributed by atoms with E-state index in [4.69, 9.17) is 0 Å². The van der Waals surface area contributed by atoms with Gasteiger partial charge in [0.2, 0.25) is 10.0 Å². The SMILES string of the molecule is CC(C)N1C[C@H](C)[C@H](NS(=O)(=O)Cc2ccon2)C1. The molecule has 7 heteroatoms. The van der Waals surface area contributed by atoms with Crippen LogP contribution in [0.25, 0.3) is 0 Å². The van der Waals surface area contributed by atoms with Crippen molar-refractivity contribution in [2.24, 2.45) is 5.92 Å². The lowest BCUT2D eigenvalue weighted by atomic mass is 10.1. The van der Waals surface area contributed by atoms with Crippen LogP contribution in [0.3, 0.4) is 0 Å². The van der Waals surface area contributed by atoms with Gasteiger partial charge < -0.3 is 4.52 Å². The molecule has 2 atom stereocenters. The smallest absolute Gasteiger partial charge is 0.217 e. The van der Waals surface area contributed by atoms with Crippen LogP contribution in [0.4, 0.5) is 0 Å². The van der Waals surface area contributed by atoms with Gasteiger partial charge in [-0.1, -0.05) is 12.1 Å². The van der Waals surface area contributed by atoms with Gasteiger partial charge in [0.25, 0.3) is 0 Å². The lowest BCUT2D eigenvalue weighted by Gasteiger charge is -2.20. The van der Waals surface area contributed by atoms with Gasteiger partial charge in [0, 0.05) is 31.2 Å². The molecule has 0 amide bonds. The predicted molar refractivity (Wildman–Crippen MR) is 71.9 cm³/mol. The maximum Gasteiger partial charge on any atom is 0.217 e. The molecule has 6 nitrogen and oxygen atoms in total. The number of nitrogens with one attached hydrogen (secondary N) is 1. The molecule has 19 heavy (non-hydrogen) atoms. The van der Waals surface area contributed by atoms with Crippen molar-refractivity contribution < 1.29 is 12.9 Å². The van der Waals surface area contributed by atoms with Gasteiger partial charge in [-0.15, -0.1) is 0 Å². The summed E-state index contributed by atoms with van der Waals surface area (Å²) in [6.45, 7) is 8.01. The standard InChI is InChI=1S/C12H21N3O3S/c1-9(2)15-6-10(3)12(7-15)14-19(16,17)8-11-4-5-18-13-11/h4-5,9-10,12,14H,6-8H2,1-3H3/t10-,12+/m0/s1. The molecule has 0 bridgehead atoms. The summed E-state index contributed by atoms with van der Waals surface area (Å²) in [5.74, 6) is 0.184. The molecule has 0 aromatic carbocycles. The van der Waals surface area contributed by atoms with Crippen molar-refractivity contribution >= 4 is 10.0 Å². The normalized spacial score (nSPS) is 25.3. The van der Waals surface area contributed by atoms with Crippen molar-refractivity contribution in [1.82, 2.24) is 14.8 Å². The molecular formula is C12H21N3O3S. The van der Waals surface area contributed by atoms with E-state index in [1.54, 1.807) is 6.07 Å². The van der Waals surface area contributed by atoms with Crippen molar-refractivity contribution in [3.05, 3.63) is 18.0 Å². The third kappa shape index (κ3) is 3.77. The summed E-state index contributed by atoms with van der Waals surface area (Å²) in [4.78, 5) is 2.29. The molecule has 108 valence electrons. The molecule has 1 aromatic rings. The lowest BCUT2D eigenvalue weighted by molar-refractivity contribution is 0.265. The number of nitrogens with zero attached hydrogens (tertiary/aromatic N) is 2. The van der Waals surface area contributed by atoms with Crippen LogP contribution >= 0.6 is 0 Å². The van der Waals surface area contributed by atoms with Gasteiger partial charge in [-0.2, -0.15) is 0 Å². The van der Waals surface area contributed by atoms with Crippen LogP contribution in [0, 0.1) is 5.92 Å². The highest BCUT2D eigenvalue weighted by atomic mass is 32.2. The monoisotopic (exact) mass is 287 g/mol. The molecule has 2 rings (SSSR count). The quantitative estimate of drug-likeness (QED) is 0.868. The average Bonchev–Trinajstić information content (AvgIpc) is 2.88. The van der Waals surface area contributed by atoms with E-state index in [0.29, 0.717) is 17.7 Å². The Labute approximate surface area is 114 Å². The minimum absolute atomic E-state index is 0.0284. The van der Waals surface area contributed by atoms with E-state index in [0.717, 1.165) is 13.1 Å². The number of likely N-dealkylation sites (tertiary alicyclic amines) is 1. The zero-order chi connectivity index (χ0) is 14.0. The van der Waals surface area contributed by atoms with Crippen molar-refractivity contribution in [3.8, 4) is 0 Å². The first-order valence-electron chi connectivity index (χ1n) is 6.50. The van der Waals surface area contributed by atoms with E-state index in [9.17, 15) is 8.42 Å². The molecule has 0 radical (unpaired) electrons. The third-order valence-electron chi connectivity index (χ3n) is 3.53. The van der Waals surface area contributed by atoms with Gasteiger partial charge in [-0.3, -0.25) is 4.90 Å². The van der Waals surface area contributed by atoms with E-state index in [1.165, 1.54) is 6.26 Å². The molecule has 0 unspecified atom stereocenters. The molecular weight excluding hydrogens is 266 g/mol. The molecule has 1 saturated heterocycles. The zero-order valence-electron chi connectivity index (χ0n) is 11.5. The van der Waals surface area contributed by atoms with Crippen LogP contribution < -0.4 is 4.72 Å². The molecule has 1 aliphatic rings. The van der Waals surface area contributed by atoms with Gasteiger partial charge in [0.05, 0.1) is 5.69 Å². The number of hydrogen-bond acceptors (Lipinski definition) is 5. The van der Waals surface area contributed by atoms with Crippen molar-refractivity contribution in [1.29, 1.82) is 0 Å². The molecule has 1 N–H and O–H groups in total. The number of hydrogen-bond donors (Lipinski definition) is 1. The maximum atomic E-state index is 12.1. The van der Waals surface area contributed by atoms with Crippen molar-refractivity contribution in [2.75, 3.05) is 13.1 Å². The summed E-state index contributed by atoms with van der Waals surface area (Å²) in [5, 5.41) is 3.63. The first kappa shape index (κ1) is 14.5. The summed E-state index contributed by atoms with van der Waals surface area (Å²) in [5.41, 5.74) is 0.430. The van der Waals surface area contributed by atoms with Crippen LogP contribution in [0.5, 0.6) is 0 Å². The highest BCUT2D eigenvalue weighted by molar-refractivity contribution is 7.88. The lowest BCUT2D eigenvalue weighted by Crippen LogP contribution is -2.41. The molecule has 1 aromatic heterocycles. The minimum Gasteiger partial charge on any atom is -0.364 e. The second-order valence-corrected chi connectivity index (χ2v) is 7.25. The van der Waals surface area contributed by atoms with E-state index in [-0.39, 0.29) is 11.8 Å². The second kappa shape index (κ2) is 5.60. The molecule has 0 spiro atoms. The van der Waals surface area contributed by atoms with Crippen LogP contribution in [0.1, 0.15) is 26.5 Å². The summed E-state index contributed by atoms with van der Waals surface area (Å²) in [6, 6.07) is 1.98. The Morgan fingerprint density at radius 2 is 2.26 bits per heavy atom. The number of aromatic nitrogens is 1. The Kier molecular flexibility index (Phi) is 4.27. The Hall–Kier alpha value is -0.920. The van der Waals surface area contributed by atoms with Crippen LogP contribution in [0.2, 0.25) is 0 Å². The average molecular weight is 287 g/mol. The van der Waals surface area contributed by atoms with Crippen LogP contribution in [-0.4, -0.2) is 43.6 Å². The van der Waals surface area contributed by atoms with Crippen molar-refractivity contribution in [2.45, 2.75) is 38.6 Å². The van der Waals surface area contributed by atoms with Gasteiger partial charge in [-0.05, 0) is 19.8 Å². The van der Waals surface area contributed by atoms with E-state index in [2.05, 4.69) is 40.1 Å². The predicted octanol–water partition coefficient (Wildman–Crippen LogP) is 0.823. The van der Waals surface area contributed by atoms with E-state index < -0.39 is 10.0 Å². The highest BCUT2D eigenvalue weighted by Gasteiger charge is 2.33. The first-order valence-corrected chi connectivity index (χ1v) is 8.16. The number of sulfonamides is 1. The van der Waals surface area contributed by atoms with Crippen LogP contribution in [0.15, 0.2) is 16.9 Å². The zero-order valence-corrected chi connectivity index (χ0v) is 12.4. The fourth-order valence-corrected chi connectivity index (χ4v) is 3.75. The Bertz CT molecular complexity index is 498. The summed E-state index contributed by atoms with van der Waals surface area (Å²) in [6.07, 6.45) is 1.38. The molecule has 1 aliphatic heterocycles. The molecule has 0 saturated carbocycles. The second-order valence-electron chi connectivity index (χ2n) is 5.50. The van der Waals surface area contributed by atoms with Crippen LogP contribution in [-0.2, 0) is 15.8 Å². The number of rotatable bonds is 5. The van der Waals surface area contributed by atoms with E-state index >= 15 is 0 Å². The highest BCUT2D eigenvalue weighted by Crippen LogP contribution is 2.19. The summed E-state index contributed by atoms with van der Waals surface area (Å²) < 4.78 is 31.6. The molecule has 1 fully saturated rings. The fraction of sp³-hybridized carbons (Fsp3) is 0.750. The Morgan fingerprint density at radius 1 is 1.53 bits per heavy atom. The maximum absolute atomic E-state index is 12.1. The van der Waals surface area contributed by atoms with Gasteiger partial charge in [0.15, 0.2) is 0 Å². The fourth-order valence-electron chi connectivity index (χ4n) is 2.36. The van der Waals surface area contributed by atoms with Gasteiger partial charge in [-0.25, -0.2) is 13.1 Å². The van der Waals surface area contributed by atoms with E-state index in [1.807, 2.05) is 0 Å².